The fourth-order valence-electron chi connectivity index (χ4n) is 2.26. The molecule has 3 rings (SSSR count). The number of thiophene rings is 1. The summed E-state index contributed by atoms with van der Waals surface area (Å²) in [5, 5.41) is 9.94. The highest BCUT2D eigenvalue weighted by atomic mass is 32.1. The highest BCUT2D eigenvalue weighted by Gasteiger charge is 2.33. The van der Waals surface area contributed by atoms with Crippen LogP contribution in [-0.2, 0) is 0 Å². The third kappa shape index (κ3) is 1.94. The third-order valence-electron chi connectivity index (χ3n) is 3.15. The molecule has 20 heavy (non-hydrogen) atoms. The van der Waals surface area contributed by atoms with E-state index in [2.05, 4.69) is 11.1 Å². The summed E-state index contributed by atoms with van der Waals surface area (Å²) in [5.41, 5.74) is 1.42. The molecule has 101 valence electrons. The van der Waals surface area contributed by atoms with E-state index in [1.807, 2.05) is 13.0 Å². The Labute approximate surface area is 119 Å². The number of rotatable bonds is 2. The van der Waals surface area contributed by atoms with Gasteiger partial charge in [-0.3, -0.25) is 9.79 Å². The maximum absolute atomic E-state index is 13.8. The summed E-state index contributed by atoms with van der Waals surface area (Å²) in [5.74, 6) is -1.70. The van der Waals surface area contributed by atoms with Crippen LogP contribution in [0.15, 0.2) is 45.6 Å². The lowest BCUT2D eigenvalue weighted by Crippen LogP contribution is -2.17. The maximum Gasteiger partial charge on any atom is 0.207 e. The fraction of sp³-hybridized carbons (Fsp3) is 0.200. The molecular weight excluding hydrogens is 277 g/mol. The largest absolute Gasteiger partial charge is 0.505 e. The Hall–Kier alpha value is -2.01. The van der Waals surface area contributed by atoms with E-state index in [1.54, 1.807) is 13.0 Å². The molecule has 0 amide bonds. The van der Waals surface area contributed by atoms with Gasteiger partial charge in [-0.1, -0.05) is 0 Å². The second-order valence-corrected chi connectivity index (χ2v) is 5.98. The Morgan fingerprint density at radius 2 is 2.20 bits per heavy atom. The zero-order valence-corrected chi connectivity index (χ0v) is 11.8. The Balaban J connectivity index is 2.16. The minimum atomic E-state index is -0.722. The summed E-state index contributed by atoms with van der Waals surface area (Å²) in [4.78, 5) is 18.1. The SMILES string of the molecule is CC1=[C]C2=C(C(=O)c3ccc(C)s3)C(O)=C(F)CC2=N1. The third-order valence-corrected chi connectivity index (χ3v) is 4.15. The quantitative estimate of drug-likeness (QED) is 0.840. The molecule has 0 aromatic carbocycles. The van der Waals surface area contributed by atoms with E-state index in [0.717, 1.165) is 4.88 Å². The number of halogens is 1. The first-order chi connectivity index (χ1) is 9.47. The van der Waals surface area contributed by atoms with Crippen molar-refractivity contribution in [2.45, 2.75) is 20.3 Å². The van der Waals surface area contributed by atoms with Crippen molar-refractivity contribution in [2.24, 2.45) is 4.99 Å². The van der Waals surface area contributed by atoms with Crippen LogP contribution >= 0.6 is 11.3 Å². The number of carbonyl (C=O) groups excluding carboxylic acids is 1. The molecule has 1 aromatic heterocycles. The second-order valence-electron chi connectivity index (χ2n) is 4.69. The Morgan fingerprint density at radius 1 is 1.45 bits per heavy atom. The number of allylic oxidation sites excluding steroid dienone is 5. The highest BCUT2D eigenvalue weighted by molar-refractivity contribution is 7.14. The summed E-state index contributed by atoms with van der Waals surface area (Å²) < 4.78 is 13.8. The predicted octanol–water partition coefficient (Wildman–Crippen LogP) is 3.84. The van der Waals surface area contributed by atoms with Crippen LogP contribution in [0.3, 0.4) is 0 Å². The lowest BCUT2D eigenvalue weighted by Gasteiger charge is -2.15. The Bertz CT molecular complexity index is 750. The number of carbonyl (C=O) groups is 1. The number of aryl methyl sites for hydroxylation is 1. The van der Waals surface area contributed by atoms with Gasteiger partial charge < -0.3 is 5.11 Å². The minimum Gasteiger partial charge on any atom is -0.505 e. The summed E-state index contributed by atoms with van der Waals surface area (Å²) in [6, 6.07) is 3.50. The molecular formula is C15H11FNO2S. The van der Waals surface area contributed by atoms with Gasteiger partial charge in [-0.2, -0.15) is 0 Å². The van der Waals surface area contributed by atoms with E-state index in [-0.39, 0.29) is 17.8 Å². The number of hydrogen-bond acceptors (Lipinski definition) is 4. The van der Waals surface area contributed by atoms with Gasteiger partial charge in [0.25, 0.3) is 0 Å². The average Bonchev–Trinajstić information content (AvgIpc) is 2.95. The van der Waals surface area contributed by atoms with E-state index >= 15 is 0 Å². The molecule has 0 saturated heterocycles. The van der Waals surface area contributed by atoms with Crippen LogP contribution in [0.2, 0.25) is 0 Å². The van der Waals surface area contributed by atoms with E-state index in [4.69, 9.17) is 0 Å². The molecule has 1 radical (unpaired) electrons. The van der Waals surface area contributed by atoms with Crippen molar-refractivity contribution in [2.75, 3.05) is 0 Å². The molecule has 1 aromatic rings. The van der Waals surface area contributed by atoms with Crippen molar-refractivity contribution < 1.29 is 14.3 Å². The minimum absolute atomic E-state index is 0.0359. The monoisotopic (exact) mass is 288 g/mol. The molecule has 3 nitrogen and oxygen atoms in total. The summed E-state index contributed by atoms with van der Waals surface area (Å²) in [7, 11) is 0. The van der Waals surface area contributed by atoms with Crippen LogP contribution in [0.1, 0.15) is 27.9 Å². The molecule has 0 spiro atoms. The van der Waals surface area contributed by atoms with Gasteiger partial charge in [0.2, 0.25) is 5.78 Å². The number of nitrogens with zero attached hydrogens (tertiary/aromatic N) is 1. The van der Waals surface area contributed by atoms with Gasteiger partial charge in [-0.05, 0) is 26.0 Å². The molecule has 0 atom stereocenters. The van der Waals surface area contributed by atoms with Crippen LogP contribution in [-0.4, -0.2) is 16.6 Å². The molecule has 0 unspecified atom stereocenters. The number of aliphatic imine (C=N–C) groups is 1. The lowest BCUT2D eigenvalue weighted by atomic mass is 9.91. The van der Waals surface area contributed by atoms with Crippen LogP contribution in [0.4, 0.5) is 4.39 Å². The first kappa shape index (κ1) is 13.0. The van der Waals surface area contributed by atoms with Crippen molar-refractivity contribution in [3.63, 3.8) is 0 Å². The molecule has 0 saturated carbocycles. The van der Waals surface area contributed by atoms with Gasteiger partial charge >= 0.3 is 0 Å². The summed E-state index contributed by atoms with van der Waals surface area (Å²) in [6.45, 7) is 3.61. The Kier molecular flexibility index (Phi) is 2.94. The molecule has 0 fully saturated rings. The van der Waals surface area contributed by atoms with Gasteiger partial charge in [0.05, 0.1) is 16.2 Å². The van der Waals surface area contributed by atoms with E-state index in [1.165, 1.54) is 11.3 Å². The molecule has 0 bridgehead atoms. The van der Waals surface area contributed by atoms with Crippen LogP contribution in [0, 0.1) is 13.0 Å². The maximum atomic E-state index is 13.8. The molecule has 2 heterocycles. The van der Waals surface area contributed by atoms with Gasteiger partial charge in [-0.15, -0.1) is 11.3 Å². The van der Waals surface area contributed by atoms with Gasteiger partial charge in [0.1, 0.15) is 5.83 Å². The topological polar surface area (TPSA) is 49.7 Å². The number of fused-ring (bicyclic) bond motifs is 1. The summed E-state index contributed by atoms with van der Waals surface area (Å²) in [6.07, 6.45) is 2.84. The van der Waals surface area contributed by atoms with Crippen LogP contribution in [0.25, 0.3) is 0 Å². The summed E-state index contributed by atoms with van der Waals surface area (Å²) >= 11 is 1.31. The van der Waals surface area contributed by atoms with Crippen molar-refractivity contribution in [3.05, 3.63) is 56.4 Å². The van der Waals surface area contributed by atoms with Gasteiger partial charge in [0, 0.05) is 28.6 Å². The Morgan fingerprint density at radius 3 is 2.85 bits per heavy atom. The van der Waals surface area contributed by atoms with Crippen molar-refractivity contribution in [1.82, 2.24) is 0 Å². The van der Waals surface area contributed by atoms with Gasteiger partial charge in [-0.25, -0.2) is 4.39 Å². The number of hydrogen-bond donors (Lipinski definition) is 1. The smallest absolute Gasteiger partial charge is 0.207 e. The zero-order chi connectivity index (χ0) is 14.4. The highest BCUT2D eigenvalue weighted by Crippen LogP contribution is 2.35. The van der Waals surface area contributed by atoms with Gasteiger partial charge in [0.15, 0.2) is 5.76 Å². The van der Waals surface area contributed by atoms with Crippen LogP contribution in [0.5, 0.6) is 0 Å². The first-order valence-electron chi connectivity index (χ1n) is 6.09. The average molecular weight is 288 g/mol. The molecule has 5 heteroatoms. The van der Waals surface area contributed by atoms with Crippen LogP contribution < -0.4 is 0 Å². The zero-order valence-electron chi connectivity index (χ0n) is 11.0. The van der Waals surface area contributed by atoms with Crippen molar-refractivity contribution >= 4 is 22.8 Å². The van der Waals surface area contributed by atoms with Crippen molar-refractivity contribution in [1.29, 1.82) is 0 Å². The normalized spacial score (nSPS) is 18.1. The van der Waals surface area contributed by atoms with Crippen molar-refractivity contribution in [3.8, 4) is 0 Å². The molecule has 1 aliphatic heterocycles. The number of aliphatic hydroxyl groups is 1. The standard InChI is InChI=1S/C15H11FNO2S/c1-7-5-9-11(17-7)6-10(16)14(18)13(9)15(19)12-4-3-8(2)20-12/h3-4,18H,6H2,1-2H3. The molecule has 2 aliphatic rings. The molecule has 1 aliphatic carbocycles. The number of aliphatic hydroxyl groups excluding tert-OH is 1. The molecule has 1 N–H and O–H groups in total. The van der Waals surface area contributed by atoms with E-state index in [9.17, 15) is 14.3 Å². The second kappa shape index (κ2) is 4.52. The van der Waals surface area contributed by atoms with E-state index < -0.39 is 11.6 Å². The number of Topliss-reactive ketones (excluding diaryl/α,β-unsaturated/α-hetero) is 1. The lowest BCUT2D eigenvalue weighted by molar-refractivity contribution is 0.103. The van der Waals surface area contributed by atoms with E-state index in [0.29, 0.717) is 21.9 Å². The predicted molar refractivity (Wildman–Crippen MR) is 75.7 cm³/mol. The fourth-order valence-corrected chi connectivity index (χ4v) is 3.07. The first-order valence-corrected chi connectivity index (χ1v) is 6.91. The number of ketones is 1.